The molecule has 0 aliphatic heterocycles. The van der Waals surface area contributed by atoms with Gasteiger partial charge in [0.15, 0.2) is 0 Å². The summed E-state index contributed by atoms with van der Waals surface area (Å²) in [5.41, 5.74) is 10.2. The van der Waals surface area contributed by atoms with Crippen molar-refractivity contribution in [1.29, 1.82) is 0 Å². The molecule has 23 heavy (non-hydrogen) atoms. The fourth-order valence-corrected chi connectivity index (χ4v) is 3.22. The van der Waals surface area contributed by atoms with E-state index in [1.807, 2.05) is 0 Å². The molecule has 0 N–H and O–H groups in total. The zero-order valence-corrected chi connectivity index (χ0v) is 19.5. The number of hydrogen-bond donors (Lipinski definition) is 0. The average Bonchev–Trinajstić information content (AvgIpc) is 2.96. The molecule has 0 heterocycles. The molecule has 3 heteroatoms. The van der Waals surface area contributed by atoms with Gasteiger partial charge in [0.05, 0.1) is 0 Å². The van der Waals surface area contributed by atoms with Crippen LogP contribution < -0.4 is 0 Å². The molecule has 0 amide bonds. The first kappa shape index (κ1) is 20.8. The van der Waals surface area contributed by atoms with E-state index in [2.05, 4.69) is 64.1 Å². The summed E-state index contributed by atoms with van der Waals surface area (Å²) in [5, 5.41) is 0. The third-order valence-corrected chi connectivity index (χ3v) is 4.61. The minimum atomic E-state index is -0.222. The van der Waals surface area contributed by atoms with E-state index in [1.165, 1.54) is 38.9 Å². The van der Waals surface area contributed by atoms with Crippen LogP contribution in [-0.4, -0.2) is 4.84 Å². The largest absolute Gasteiger partial charge is 0.196 e. The van der Waals surface area contributed by atoms with Crippen LogP contribution in [-0.2, 0) is 25.8 Å². The molecular weight excluding hydrogens is 490 g/mol. The maximum atomic E-state index is 5.04. The molecule has 1 atom stereocenters. The fourth-order valence-electron chi connectivity index (χ4n) is 3.22. The maximum Gasteiger partial charge on any atom is 0.105 e. The second-order valence-corrected chi connectivity index (χ2v) is 7.43. The molecule has 2 aromatic carbocycles. The van der Waals surface area contributed by atoms with Crippen molar-refractivity contribution in [2.75, 3.05) is 0 Å². The van der Waals surface area contributed by atoms with Crippen molar-refractivity contribution in [3.05, 3.63) is 69.3 Å². The van der Waals surface area contributed by atoms with Gasteiger partial charge in [0.1, 0.15) is 4.84 Å². The van der Waals surface area contributed by atoms with Crippen LogP contribution >= 0.6 is 23.2 Å². The van der Waals surface area contributed by atoms with Crippen LogP contribution in [0, 0.1) is 27.7 Å². The van der Waals surface area contributed by atoms with Gasteiger partial charge in [-0.25, -0.2) is 0 Å². The number of benzene rings is 1. The summed E-state index contributed by atoms with van der Waals surface area (Å²) in [6.07, 6.45) is 4.61. The van der Waals surface area contributed by atoms with Gasteiger partial charge in [-0.05, 0) is 24.0 Å². The number of allylic oxidation sites excluding steroid dienone is 1. The zero-order valence-electron chi connectivity index (χ0n) is 14.4. The number of halogens is 2. The SMILES string of the molecule is CC(Cl)Cl.Cc1c(C)c(C)[c-](C2C=Cc3ccccc32)c1C.[Hf]. The molecule has 1 aliphatic carbocycles. The van der Waals surface area contributed by atoms with Crippen LogP contribution in [0.4, 0.5) is 0 Å². The Labute approximate surface area is 169 Å². The standard InChI is InChI=1S/C18H19.C2H4Cl2.Hf/c1-11-12(2)14(4)18(13(11)3)17-10-9-15-7-5-6-8-16(15)17;1-2(3)4;/h5-10,17H,1-4H3;2H,1H3;/q-1;;. The molecule has 122 valence electrons. The third kappa shape index (κ3) is 4.44. The Morgan fingerprint density at radius 2 is 1.43 bits per heavy atom. The Morgan fingerprint density at radius 1 is 0.957 bits per heavy atom. The number of rotatable bonds is 1. The summed E-state index contributed by atoms with van der Waals surface area (Å²) in [6, 6.07) is 8.73. The molecule has 0 saturated carbocycles. The van der Waals surface area contributed by atoms with Gasteiger partial charge in [-0.3, -0.25) is 0 Å². The van der Waals surface area contributed by atoms with Gasteiger partial charge in [0, 0.05) is 25.8 Å². The van der Waals surface area contributed by atoms with Crippen LogP contribution in [0.15, 0.2) is 30.3 Å². The molecule has 0 saturated heterocycles. The second-order valence-electron chi connectivity index (χ2n) is 5.90. The average molecular weight is 513 g/mol. The van der Waals surface area contributed by atoms with E-state index in [0.717, 1.165) is 0 Å². The topological polar surface area (TPSA) is 0 Å². The van der Waals surface area contributed by atoms with Gasteiger partial charge < -0.3 is 0 Å². The predicted octanol–water partition coefficient (Wildman–Crippen LogP) is 6.61. The van der Waals surface area contributed by atoms with Crippen LogP contribution in [0.25, 0.3) is 6.08 Å². The fraction of sp³-hybridized carbons (Fsp3) is 0.350. The number of fused-ring (bicyclic) bond motifs is 1. The Kier molecular flexibility index (Phi) is 7.90. The van der Waals surface area contributed by atoms with E-state index in [0.29, 0.717) is 5.92 Å². The van der Waals surface area contributed by atoms with Crippen molar-refractivity contribution in [3.63, 3.8) is 0 Å². The van der Waals surface area contributed by atoms with E-state index in [-0.39, 0.29) is 30.7 Å². The van der Waals surface area contributed by atoms with Crippen LogP contribution in [0.5, 0.6) is 0 Å². The van der Waals surface area contributed by atoms with E-state index in [4.69, 9.17) is 23.2 Å². The first-order chi connectivity index (χ1) is 10.3. The van der Waals surface area contributed by atoms with Crippen molar-refractivity contribution in [1.82, 2.24) is 0 Å². The first-order valence-corrected chi connectivity index (χ1v) is 8.50. The zero-order chi connectivity index (χ0) is 16.4. The summed E-state index contributed by atoms with van der Waals surface area (Å²) >= 11 is 10.1. The summed E-state index contributed by atoms with van der Waals surface area (Å²) in [7, 11) is 0. The number of alkyl halides is 2. The maximum absolute atomic E-state index is 5.04. The Morgan fingerprint density at radius 3 is 1.96 bits per heavy atom. The van der Waals surface area contributed by atoms with E-state index >= 15 is 0 Å². The van der Waals surface area contributed by atoms with Crippen molar-refractivity contribution < 1.29 is 25.8 Å². The normalized spacial score (nSPS) is 15.0. The quantitative estimate of drug-likeness (QED) is 0.229. The van der Waals surface area contributed by atoms with Crippen LogP contribution in [0.2, 0.25) is 0 Å². The van der Waals surface area contributed by atoms with E-state index < -0.39 is 0 Å². The summed E-state index contributed by atoms with van der Waals surface area (Å²) < 4.78 is 0. The van der Waals surface area contributed by atoms with Crippen LogP contribution in [0.1, 0.15) is 51.8 Å². The van der Waals surface area contributed by atoms with Gasteiger partial charge in [0.2, 0.25) is 0 Å². The monoisotopic (exact) mass is 513 g/mol. The Balaban J connectivity index is 0.000000478. The second kappa shape index (κ2) is 8.74. The summed E-state index contributed by atoms with van der Waals surface area (Å²) in [4.78, 5) is -0.222. The number of hydrogen-bond acceptors (Lipinski definition) is 0. The summed E-state index contributed by atoms with van der Waals surface area (Å²) in [6.45, 7) is 10.7. The van der Waals surface area contributed by atoms with Crippen molar-refractivity contribution in [3.8, 4) is 0 Å². The molecule has 0 bridgehead atoms. The van der Waals surface area contributed by atoms with Gasteiger partial charge in [-0.15, -0.1) is 28.8 Å². The molecule has 0 spiro atoms. The van der Waals surface area contributed by atoms with Gasteiger partial charge >= 0.3 is 0 Å². The minimum absolute atomic E-state index is 0. The molecule has 1 unspecified atom stereocenters. The Bertz CT molecular complexity index is 668. The molecule has 0 fully saturated rings. The molecule has 0 nitrogen and oxygen atoms in total. The first-order valence-electron chi connectivity index (χ1n) is 7.62. The van der Waals surface area contributed by atoms with Gasteiger partial charge in [-0.1, -0.05) is 64.1 Å². The predicted molar refractivity (Wildman–Crippen MR) is 99.5 cm³/mol. The molecular formula is C20H23Cl2Hf-. The molecule has 2 aromatic rings. The molecule has 0 radical (unpaired) electrons. The Hall–Kier alpha value is -0.240. The summed E-state index contributed by atoms with van der Waals surface area (Å²) in [5.74, 6) is 0.452. The molecule has 0 aromatic heterocycles. The molecule has 1 aliphatic rings. The van der Waals surface area contributed by atoms with Crippen molar-refractivity contribution in [2.24, 2.45) is 0 Å². The smallest absolute Gasteiger partial charge is 0.105 e. The minimum Gasteiger partial charge on any atom is -0.196 e. The van der Waals surface area contributed by atoms with E-state index in [9.17, 15) is 0 Å². The molecule has 3 rings (SSSR count). The van der Waals surface area contributed by atoms with Crippen molar-refractivity contribution >= 4 is 29.3 Å². The van der Waals surface area contributed by atoms with Gasteiger partial charge in [0.25, 0.3) is 0 Å². The third-order valence-electron chi connectivity index (χ3n) is 4.61. The van der Waals surface area contributed by atoms with Gasteiger partial charge in [-0.2, -0.15) is 22.3 Å². The van der Waals surface area contributed by atoms with Crippen LogP contribution in [0.3, 0.4) is 0 Å². The van der Waals surface area contributed by atoms with E-state index in [1.54, 1.807) is 6.92 Å². The van der Waals surface area contributed by atoms with Crippen molar-refractivity contribution in [2.45, 2.75) is 45.4 Å².